The van der Waals surface area contributed by atoms with Crippen molar-refractivity contribution >= 4 is 50.9 Å². The van der Waals surface area contributed by atoms with Crippen molar-refractivity contribution in [3.8, 4) is 17.1 Å². The van der Waals surface area contributed by atoms with Gasteiger partial charge in [0.2, 0.25) is 0 Å². The number of amides is 1. The Hall–Kier alpha value is -2.94. The molecule has 0 spiro atoms. The standard InChI is InChI=1S/C24H19BrClN5OS/c1-16(17-9-13-20(26)14-10-17)27-28-22(32)15-33-24-30-29-23(18-7-11-19(25)12-8-18)31(24)21-5-3-2-4-6-21/h2-14H,15H2,1H3,(H,28,32)/b27-16+. The number of rotatable bonds is 7. The van der Waals surface area contributed by atoms with E-state index in [2.05, 4.69) is 36.7 Å². The Morgan fingerprint density at radius 2 is 1.73 bits per heavy atom. The molecule has 0 aliphatic rings. The molecule has 33 heavy (non-hydrogen) atoms. The first-order chi connectivity index (χ1) is 16.0. The molecular weight excluding hydrogens is 522 g/mol. The fraction of sp³-hybridized carbons (Fsp3) is 0.0833. The summed E-state index contributed by atoms with van der Waals surface area (Å²) < 4.78 is 2.93. The van der Waals surface area contributed by atoms with Crippen molar-refractivity contribution in [3.05, 3.63) is 93.9 Å². The number of hydrogen-bond acceptors (Lipinski definition) is 5. The van der Waals surface area contributed by atoms with Gasteiger partial charge in [-0.05, 0) is 48.9 Å². The molecule has 0 saturated heterocycles. The van der Waals surface area contributed by atoms with Crippen molar-refractivity contribution in [1.29, 1.82) is 0 Å². The Kier molecular flexibility index (Phi) is 7.59. The van der Waals surface area contributed by atoms with E-state index in [0.29, 0.717) is 21.7 Å². The fourth-order valence-corrected chi connectivity index (χ4v) is 4.16. The third-order valence-corrected chi connectivity index (χ3v) is 6.40. The maximum atomic E-state index is 12.4. The normalized spacial score (nSPS) is 11.4. The molecule has 3 aromatic carbocycles. The minimum Gasteiger partial charge on any atom is -0.272 e. The summed E-state index contributed by atoms with van der Waals surface area (Å²) in [7, 11) is 0. The van der Waals surface area contributed by atoms with Crippen LogP contribution in [0.1, 0.15) is 12.5 Å². The Labute approximate surface area is 209 Å². The quantitative estimate of drug-likeness (QED) is 0.178. The molecule has 9 heteroatoms. The molecule has 4 aromatic rings. The molecule has 0 fully saturated rings. The molecule has 0 bridgehead atoms. The van der Waals surface area contributed by atoms with Gasteiger partial charge < -0.3 is 0 Å². The number of benzene rings is 3. The fourth-order valence-electron chi connectivity index (χ4n) is 3.02. The number of carbonyl (C=O) groups is 1. The van der Waals surface area contributed by atoms with Crippen LogP contribution in [0.25, 0.3) is 17.1 Å². The number of para-hydroxylation sites is 1. The first kappa shape index (κ1) is 23.2. The first-order valence-electron chi connectivity index (χ1n) is 10.00. The van der Waals surface area contributed by atoms with Crippen LogP contribution in [-0.4, -0.2) is 32.1 Å². The lowest BCUT2D eigenvalue weighted by molar-refractivity contribution is -0.118. The molecule has 1 N–H and O–H groups in total. The van der Waals surface area contributed by atoms with E-state index in [4.69, 9.17) is 11.6 Å². The number of carbonyl (C=O) groups excluding carboxylic acids is 1. The van der Waals surface area contributed by atoms with Crippen molar-refractivity contribution in [2.24, 2.45) is 5.10 Å². The highest BCUT2D eigenvalue weighted by Gasteiger charge is 2.17. The summed E-state index contributed by atoms with van der Waals surface area (Å²) >= 11 is 10.7. The molecule has 1 aromatic heterocycles. The Balaban J connectivity index is 1.51. The summed E-state index contributed by atoms with van der Waals surface area (Å²) in [6, 6.07) is 25.0. The second-order valence-electron chi connectivity index (χ2n) is 7.01. The summed E-state index contributed by atoms with van der Waals surface area (Å²) in [6.07, 6.45) is 0. The summed E-state index contributed by atoms with van der Waals surface area (Å²) in [4.78, 5) is 12.4. The van der Waals surface area contributed by atoms with E-state index in [-0.39, 0.29) is 11.7 Å². The monoisotopic (exact) mass is 539 g/mol. The Bertz CT molecular complexity index is 1270. The third kappa shape index (κ3) is 5.90. The van der Waals surface area contributed by atoms with Gasteiger partial charge in [0, 0.05) is 20.7 Å². The molecule has 166 valence electrons. The summed E-state index contributed by atoms with van der Waals surface area (Å²) in [6.45, 7) is 1.83. The average Bonchev–Trinajstić information content (AvgIpc) is 3.26. The molecule has 1 amide bonds. The predicted molar refractivity (Wildman–Crippen MR) is 137 cm³/mol. The molecule has 1 heterocycles. The number of hydrogen-bond donors (Lipinski definition) is 1. The molecule has 6 nitrogen and oxygen atoms in total. The van der Waals surface area contributed by atoms with Crippen LogP contribution in [-0.2, 0) is 4.79 Å². The molecular formula is C24H19BrClN5OS. The molecule has 0 saturated carbocycles. The van der Waals surface area contributed by atoms with Crippen LogP contribution in [0, 0.1) is 0 Å². The van der Waals surface area contributed by atoms with Gasteiger partial charge in [-0.1, -0.05) is 81.8 Å². The van der Waals surface area contributed by atoms with Gasteiger partial charge in [-0.25, -0.2) is 5.43 Å². The second kappa shape index (κ2) is 10.8. The number of nitrogens with one attached hydrogen (secondary N) is 1. The van der Waals surface area contributed by atoms with E-state index < -0.39 is 0 Å². The number of hydrazone groups is 1. The maximum Gasteiger partial charge on any atom is 0.250 e. The van der Waals surface area contributed by atoms with Crippen LogP contribution in [0.4, 0.5) is 0 Å². The molecule has 0 aliphatic carbocycles. The second-order valence-corrected chi connectivity index (χ2v) is 9.31. The molecule has 0 atom stereocenters. The molecule has 4 rings (SSSR count). The predicted octanol–water partition coefficient (Wildman–Crippen LogP) is 5.98. The molecule has 0 aliphatic heterocycles. The van der Waals surface area contributed by atoms with Crippen LogP contribution in [0.3, 0.4) is 0 Å². The minimum atomic E-state index is -0.235. The van der Waals surface area contributed by atoms with Gasteiger partial charge in [0.25, 0.3) is 5.91 Å². The topological polar surface area (TPSA) is 72.2 Å². The lowest BCUT2D eigenvalue weighted by Gasteiger charge is -2.10. The lowest BCUT2D eigenvalue weighted by Crippen LogP contribution is -2.21. The molecule has 0 radical (unpaired) electrons. The zero-order chi connectivity index (χ0) is 23.2. The van der Waals surface area contributed by atoms with Crippen LogP contribution in [0.2, 0.25) is 5.02 Å². The van der Waals surface area contributed by atoms with E-state index in [1.165, 1.54) is 11.8 Å². The zero-order valence-electron chi connectivity index (χ0n) is 17.6. The van der Waals surface area contributed by atoms with Gasteiger partial charge in [-0.15, -0.1) is 10.2 Å². The van der Waals surface area contributed by atoms with Gasteiger partial charge in [0.15, 0.2) is 11.0 Å². The van der Waals surface area contributed by atoms with Crippen LogP contribution in [0.5, 0.6) is 0 Å². The SMILES string of the molecule is C/C(=N\NC(=O)CSc1nnc(-c2ccc(Br)cc2)n1-c1ccccc1)c1ccc(Cl)cc1. The Morgan fingerprint density at radius 3 is 2.42 bits per heavy atom. The van der Waals surface area contributed by atoms with E-state index in [0.717, 1.165) is 21.3 Å². The van der Waals surface area contributed by atoms with Gasteiger partial charge in [-0.2, -0.15) is 5.10 Å². The van der Waals surface area contributed by atoms with Gasteiger partial charge in [-0.3, -0.25) is 9.36 Å². The highest BCUT2D eigenvalue weighted by Crippen LogP contribution is 2.28. The van der Waals surface area contributed by atoms with Gasteiger partial charge >= 0.3 is 0 Å². The summed E-state index contributed by atoms with van der Waals surface area (Å²) in [5, 5.41) is 14.2. The van der Waals surface area contributed by atoms with Crippen molar-refractivity contribution < 1.29 is 4.79 Å². The Morgan fingerprint density at radius 1 is 1.03 bits per heavy atom. The lowest BCUT2D eigenvalue weighted by atomic mass is 10.1. The van der Waals surface area contributed by atoms with Crippen LogP contribution in [0.15, 0.2) is 93.6 Å². The minimum absolute atomic E-state index is 0.142. The highest BCUT2D eigenvalue weighted by atomic mass is 79.9. The van der Waals surface area contributed by atoms with Crippen LogP contribution >= 0.6 is 39.3 Å². The number of aromatic nitrogens is 3. The smallest absolute Gasteiger partial charge is 0.250 e. The summed E-state index contributed by atoms with van der Waals surface area (Å²) in [5.41, 5.74) is 6.02. The van der Waals surface area contributed by atoms with Gasteiger partial charge in [0.05, 0.1) is 11.5 Å². The van der Waals surface area contributed by atoms with Crippen LogP contribution < -0.4 is 5.43 Å². The van der Waals surface area contributed by atoms with E-state index in [9.17, 15) is 4.79 Å². The zero-order valence-corrected chi connectivity index (χ0v) is 20.7. The largest absolute Gasteiger partial charge is 0.272 e. The first-order valence-corrected chi connectivity index (χ1v) is 12.2. The average molecular weight is 541 g/mol. The maximum absolute atomic E-state index is 12.4. The van der Waals surface area contributed by atoms with Crippen molar-refractivity contribution in [2.45, 2.75) is 12.1 Å². The number of halogens is 2. The van der Waals surface area contributed by atoms with Crippen molar-refractivity contribution in [3.63, 3.8) is 0 Å². The van der Waals surface area contributed by atoms with E-state index >= 15 is 0 Å². The van der Waals surface area contributed by atoms with Gasteiger partial charge in [0.1, 0.15) is 0 Å². The third-order valence-electron chi connectivity index (χ3n) is 4.69. The van der Waals surface area contributed by atoms with E-state index in [1.54, 1.807) is 12.1 Å². The highest BCUT2D eigenvalue weighted by molar-refractivity contribution is 9.10. The van der Waals surface area contributed by atoms with Crippen molar-refractivity contribution in [2.75, 3.05) is 5.75 Å². The van der Waals surface area contributed by atoms with E-state index in [1.807, 2.05) is 78.2 Å². The molecule has 0 unspecified atom stereocenters. The number of nitrogens with zero attached hydrogens (tertiary/aromatic N) is 4. The van der Waals surface area contributed by atoms with Crippen molar-refractivity contribution in [1.82, 2.24) is 20.2 Å². The number of thioether (sulfide) groups is 1. The summed E-state index contributed by atoms with van der Waals surface area (Å²) in [5.74, 6) is 0.609.